The molecule has 0 aliphatic heterocycles. The average molecular weight is 302 g/mol. The first-order valence-corrected chi connectivity index (χ1v) is 7.77. The van der Waals surface area contributed by atoms with E-state index in [1.807, 2.05) is 19.1 Å². The first kappa shape index (κ1) is 16.7. The van der Waals surface area contributed by atoms with E-state index in [-0.39, 0.29) is 0 Å². The van der Waals surface area contributed by atoms with Gasteiger partial charge in [0, 0.05) is 11.1 Å². The molecule has 0 aliphatic rings. The van der Waals surface area contributed by atoms with Crippen LogP contribution < -0.4 is 5.32 Å². The van der Waals surface area contributed by atoms with Gasteiger partial charge in [0.15, 0.2) is 0 Å². The minimum atomic E-state index is 0.441. The predicted molar refractivity (Wildman–Crippen MR) is 87.5 cm³/mol. The van der Waals surface area contributed by atoms with Crippen LogP contribution in [0.4, 0.5) is 5.69 Å². The van der Waals surface area contributed by atoms with Crippen LogP contribution in [0.5, 0.6) is 0 Å². The van der Waals surface area contributed by atoms with E-state index in [0.29, 0.717) is 17.9 Å². The number of hydrogen-bond acceptors (Lipinski definition) is 1. The molecule has 3 heteroatoms. The highest BCUT2D eigenvalue weighted by Gasteiger charge is 2.15. The van der Waals surface area contributed by atoms with Crippen LogP contribution in [0.15, 0.2) is 12.1 Å². The van der Waals surface area contributed by atoms with Gasteiger partial charge in [-0.25, -0.2) is 0 Å². The Morgan fingerprint density at radius 1 is 0.947 bits per heavy atom. The summed E-state index contributed by atoms with van der Waals surface area (Å²) in [6, 6.07) is 4.30. The van der Waals surface area contributed by atoms with Crippen LogP contribution in [-0.2, 0) is 0 Å². The molecule has 0 radical (unpaired) electrons. The maximum absolute atomic E-state index is 6.30. The van der Waals surface area contributed by atoms with E-state index in [0.717, 1.165) is 34.1 Å². The molecular weight excluding hydrogens is 277 g/mol. The number of benzene rings is 1. The van der Waals surface area contributed by atoms with Crippen molar-refractivity contribution in [3.8, 4) is 0 Å². The third-order valence-corrected chi connectivity index (χ3v) is 3.84. The van der Waals surface area contributed by atoms with Crippen molar-refractivity contribution in [2.24, 2.45) is 11.8 Å². The largest absolute Gasteiger partial charge is 0.381 e. The normalized spacial score (nSPS) is 11.7. The Kier molecular flexibility index (Phi) is 6.49. The predicted octanol–water partition coefficient (Wildman–Crippen LogP) is 6.17. The topological polar surface area (TPSA) is 12.0 Å². The third-order valence-electron chi connectivity index (χ3n) is 3.12. The Bertz CT molecular complexity index is 403. The standard InChI is InChI=1S/C16H25Cl2N/c1-10(2)6-13(7-11(3)4)19-16-9-14(17)12(5)8-15(16)18/h8-11,13,19H,6-7H2,1-5H3. The van der Waals surface area contributed by atoms with E-state index >= 15 is 0 Å². The van der Waals surface area contributed by atoms with Gasteiger partial charge in [-0.15, -0.1) is 0 Å². The van der Waals surface area contributed by atoms with Crippen molar-refractivity contribution in [3.05, 3.63) is 27.7 Å². The average Bonchev–Trinajstić information content (AvgIpc) is 2.23. The van der Waals surface area contributed by atoms with E-state index in [1.54, 1.807) is 0 Å². The van der Waals surface area contributed by atoms with Crippen LogP contribution in [0.2, 0.25) is 10.0 Å². The monoisotopic (exact) mass is 301 g/mol. The molecule has 0 fully saturated rings. The Morgan fingerprint density at radius 3 is 1.95 bits per heavy atom. The lowest BCUT2D eigenvalue weighted by Crippen LogP contribution is -2.23. The van der Waals surface area contributed by atoms with Crippen LogP contribution in [0.1, 0.15) is 46.1 Å². The number of rotatable bonds is 6. The molecule has 1 aromatic rings. The molecule has 0 spiro atoms. The molecule has 0 saturated carbocycles. The molecule has 0 aliphatic carbocycles. The highest BCUT2D eigenvalue weighted by Crippen LogP contribution is 2.30. The lowest BCUT2D eigenvalue weighted by atomic mass is 9.95. The Hall–Kier alpha value is -0.400. The van der Waals surface area contributed by atoms with Crippen molar-refractivity contribution in [1.29, 1.82) is 0 Å². The summed E-state index contributed by atoms with van der Waals surface area (Å²) < 4.78 is 0. The van der Waals surface area contributed by atoms with E-state index in [2.05, 4.69) is 33.0 Å². The van der Waals surface area contributed by atoms with Gasteiger partial charge in [0.2, 0.25) is 0 Å². The van der Waals surface area contributed by atoms with E-state index < -0.39 is 0 Å². The maximum Gasteiger partial charge on any atom is 0.0641 e. The van der Waals surface area contributed by atoms with Crippen LogP contribution in [-0.4, -0.2) is 6.04 Å². The fourth-order valence-corrected chi connectivity index (χ4v) is 2.77. The summed E-state index contributed by atoms with van der Waals surface area (Å²) in [5.41, 5.74) is 1.96. The molecular formula is C16H25Cl2N. The summed E-state index contributed by atoms with van der Waals surface area (Å²) in [5, 5.41) is 5.07. The highest BCUT2D eigenvalue weighted by molar-refractivity contribution is 6.35. The highest BCUT2D eigenvalue weighted by atomic mass is 35.5. The summed E-state index contributed by atoms with van der Waals surface area (Å²) in [7, 11) is 0. The van der Waals surface area contributed by atoms with Crippen molar-refractivity contribution in [2.45, 2.75) is 53.5 Å². The molecule has 0 unspecified atom stereocenters. The lowest BCUT2D eigenvalue weighted by Gasteiger charge is -2.24. The maximum atomic E-state index is 6.30. The number of anilines is 1. The molecule has 0 bridgehead atoms. The van der Waals surface area contributed by atoms with Gasteiger partial charge in [-0.2, -0.15) is 0 Å². The second-order valence-electron chi connectivity index (χ2n) is 6.18. The fraction of sp³-hybridized carbons (Fsp3) is 0.625. The first-order chi connectivity index (χ1) is 8.79. The fourth-order valence-electron chi connectivity index (χ4n) is 2.33. The Balaban J connectivity index is 2.86. The summed E-state index contributed by atoms with van der Waals surface area (Å²) in [6.07, 6.45) is 2.28. The van der Waals surface area contributed by atoms with Gasteiger partial charge in [-0.3, -0.25) is 0 Å². The minimum Gasteiger partial charge on any atom is -0.381 e. The van der Waals surface area contributed by atoms with E-state index in [4.69, 9.17) is 23.2 Å². The summed E-state index contributed by atoms with van der Waals surface area (Å²) in [5.74, 6) is 1.33. The smallest absolute Gasteiger partial charge is 0.0641 e. The zero-order chi connectivity index (χ0) is 14.6. The Morgan fingerprint density at radius 2 is 1.47 bits per heavy atom. The molecule has 0 heterocycles. The van der Waals surface area contributed by atoms with Gasteiger partial charge in [0.1, 0.15) is 0 Å². The van der Waals surface area contributed by atoms with Gasteiger partial charge in [-0.1, -0.05) is 50.9 Å². The molecule has 19 heavy (non-hydrogen) atoms. The van der Waals surface area contributed by atoms with Gasteiger partial charge >= 0.3 is 0 Å². The van der Waals surface area contributed by atoms with Crippen LogP contribution in [0, 0.1) is 18.8 Å². The first-order valence-electron chi connectivity index (χ1n) is 7.01. The van der Waals surface area contributed by atoms with Crippen molar-refractivity contribution in [3.63, 3.8) is 0 Å². The SMILES string of the molecule is Cc1cc(Cl)c(NC(CC(C)C)CC(C)C)cc1Cl. The van der Waals surface area contributed by atoms with E-state index in [1.165, 1.54) is 0 Å². The van der Waals surface area contributed by atoms with Crippen molar-refractivity contribution < 1.29 is 0 Å². The van der Waals surface area contributed by atoms with Gasteiger partial charge in [0.25, 0.3) is 0 Å². The second-order valence-corrected chi connectivity index (χ2v) is 7.00. The minimum absolute atomic E-state index is 0.441. The number of nitrogens with one attached hydrogen (secondary N) is 1. The van der Waals surface area contributed by atoms with Gasteiger partial charge < -0.3 is 5.32 Å². The summed E-state index contributed by atoms with van der Waals surface area (Å²) >= 11 is 12.5. The quantitative estimate of drug-likeness (QED) is 0.662. The van der Waals surface area contributed by atoms with Gasteiger partial charge in [0.05, 0.1) is 10.7 Å². The zero-order valence-electron chi connectivity index (χ0n) is 12.6. The molecule has 1 N–H and O–H groups in total. The van der Waals surface area contributed by atoms with Gasteiger partial charge in [-0.05, 0) is 49.3 Å². The van der Waals surface area contributed by atoms with Crippen molar-refractivity contribution >= 4 is 28.9 Å². The van der Waals surface area contributed by atoms with E-state index in [9.17, 15) is 0 Å². The number of hydrogen-bond donors (Lipinski definition) is 1. The molecule has 108 valence electrons. The zero-order valence-corrected chi connectivity index (χ0v) is 14.1. The van der Waals surface area contributed by atoms with Crippen LogP contribution in [0.3, 0.4) is 0 Å². The number of aryl methyl sites for hydroxylation is 1. The molecule has 0 amide bonds. The lowest BCUT2D eigenvalue weighted by molar-refractivity contribution is 0.442. The third kappa shape index (κ3) is 5.62. The molecule has 1 aromatic carbocycles. The van der Waals surface area contributed by atoms with Crippen molar-refractivity contribution in [2.75, 3.05) is 5.32 Å². The molecule has 1 rings (SSSR count). The number of halogens is 2. The summed E-state index contributed by atoms with van der Waals surface area (Å²) in [6.45, 7) is 11.0. The Labute approximate surface area is 127 Å². The summed E-state index contributed by atoms with van der Waals surface area (Å²) in [4.78, 5) is 0. The molecule has 0 atom stereocenters. The van der Waals surface area contributed by atoms with Crippen LogP contribution in [0.25, 0.3) is 0 Å². The molecule has 0 saturated heterocycles. The van der Waals surface area contributed by atoms with Crippen molar-refractivity contribution in [1.82, 2.24) is 0 Å². The molecule has 1 nitrogen and oxygen atoms in total. The van der Waals surface area contributed by atoms with Crippen LogP contribution >= 0.6 is 23.2 Å². The second kappa shape index (κ2) is 7.40. The molecule has 0 aromatic heterocycles.